The van der Waals surface area contributed by atoms with E-state index in [-0.39, 0.29) is 37.6 Å². The molecule has 7 nitrogen and oxygen atoms in total. The van der Waals surface area contributed by atoms with Crippen LogP contribution < -0.4 is 0 Å². The lowest BCUT2D eigenvalue weighted by Gasteiger charge is -2.16. The molecular weight excluding hydrogens is 268 g/mol. The highest BCUT2D eigenvalue weighted by molar-refractivity contribution is 5.88. The second-order valence-corrected chi connectivity index (χ2v) is 3.82. The number of carbonyl (C=O) groups excluding carboxylic acids is 2. The van der Waals surface area contributed by atoms with Crippen LogP contribution in [-0.2, 0) is 28.5 Å². The third kappa shape index (κ3) is 7.03. The van der Waals surface area contributed by atoms with Crippen molar-refractivity contribution in [3.63, 3.8) is 0 Å². The third-order valence-electron chi connectivity index (χ3n) is 2.23. The van der Waals surface area contributed by atoms with Gasteiger partial charge in [-0.3, -0.25) is 0 Å². The van der Waals surface area contributed by atoms with Crippen molar-refractivity contribution < 1.29 is 33.6 Å². The highest BCUT2D eigenvalue weighted by atomic mass is 16.6. The Morgan fingerprint density at radius 2 is 1.55 bits per heavy atom. The third-order valence-corrected chi connectivity index (χ3v) is 2.23. The van der Waals surface area contributed by atoms with Gasteiger partial charge in [-0.2, -0.15) is 0 Å². The van der Waals surface area contributed by atoms with Crippen LogP contribution in [0.15, 0.2) is 24.3 Å². The van der Waals surface area contributed by atoms with Crippen LogP contribution in [0.2, 0.25) is 0 Å². The smallest absolute Gasteiger partial charge is 0.335 e. The summed E-state index contributed by atoms with van der Waals surface area (Å²) in [6.45, 7) is 6.56. The second kappa shape index (κ2) is 10.1. The summed E-state index contributed by atoms with van der Waals surface area (Å²) < 4.78 is 19.3. The van der Waals surface area contributed by atoms with Crippen LogP contribution in [0, 0.1) is 0 Å². The Kier molecular flexibility index (Phi) is 9.27. The zero-order valence-corrected chi connectivity index (χ0v) is 11.7. The number of methoxy groups -OCH3 is 2. The van der Waals surface area contributed by atoms with E-state index in [1.807, 2.05) is 0 Å². The molecule has 0 saturated carbocycles. The molecule has 7 heteroatoms. The van der Waals surface area contributed by atoms with Gasteiger partial charge in [-0.15, -0.1) is 0 Å². The average Bonchev–Trinajstić information content (AvgIpc) is 2.47. The standard InChI is InChI=1S/C13H20O7/c1-9(12(15)17-3)6-19-8-11(5-14)20-7-10(2)13(16)18-4/h11,14H,1-2,5-8H2,3-4H3. The van der Waals surface area contributed by atoms with E-state index in [0.717, 1.165) is 0 Å². The number of hydrogen-bond acceptors (Lipinski definition) is 7. The molecule has 0 heterocycles. The normalized spacial score (nSPS) is 11.6. The minimum absolute atomic E-state index is 0.0287. The molecule has 0 radical (unpaired) electrons. The maximum absolute atomic E-state index is 11.1. The van der Waals surface area contributed by atoms with E-state index in [4.69, 9.17) is 14.6 Å². The molecule has 0 aromatic carbocycles. The van der Waals surface area contributed by atoms with E-state index in [1.165, 1.54) is 14.2 Å². The van der Waals surface area contributed by atoms with Crippen molar-refractivity contribution in [1.29, 1.82) is 0 Å². The summed E-state index contributed by atoms with van der Waals surface area (Å²) in [5.74, 6) is -1.15. The number of carbonyl (C=O) groups is 2. The minimum Gasteiger partial charge on any atom is -0.466 e. The molecule has 0 bridgehead atoms. The Hall–Kier alpha value is -1.70. The van der Waals surface area contributed by atoms with Crippen LogP contribution in [0.25, 0.3) is 0 Å². The Labute approximate surface area is 117 Å². The molecule has 1 atom stereocenters. The number of esters is 2. The van der Waals surface area contributed by atoms with Crippen LogP contribution in [0.4, 0.5) is 0 Å². The van der Waals surface area contributed by atoms with E-state index in [2.05, 4.69) is 22.6 Å². The van der Waals surface area contributed by atoms with Crippen molar-refractivity contribution in [2.24, 2.45) is 0 Å². The fraction of sp³-hybridized carbons (Fsp3) is 0.538. The fourth-order valence-electron chi connectivity index (χ4n) is 1.09. The lowest BCUT2D eigenvalue weighted by atomic mass is 10.3. The first-order chi connectivity index (χ1) is 9.46. The molecule has 0 aliphatic rings. The Morgan fingerprint density at radius 3 is 2.00 bits per heavy atom. The zero-order valence-electron chi connectivity index (χ0n) is 11.7. The largest absolute Gasteiger partial charge is 0.466 e. The Balaban J connectivity index is 3.99. The molecule has 1 unspecified atom stereocenters. The summed E-state index contributed by atoms with van der Waals surface area (Å²) >= 11 is 0. The van der Waals surface area contributed by atoms with Crippen LogP contribution in [0.1, 0.15) is 0 Å². The molecule has 0 saturated heterocycles. The lowest BCUT2D eigenvalue weighted by Crippen LogP contribution is -2.27. The maximum atomic E-state index is 11.1. The molecule has 0 fully saturated rings. The molecular formula is C13H20O7. The van der Waals surface area contributed by atoms with Gasteiger partial charge in [0, 0.05) is 0 Å². The monoisotopic (exact) mass is 288 g/mol. The molecule has 0 aromatic rings. The number of aliphatic hydroxyl groups excluding tert-OH is 1. The molecule has 114 valence electrons. The quantitative estimate of drug-likeness (QED) is 0.441. The van der Waals surface area contributed by atoms with Gasteiger partial charge in [0.25, 0.3) is 0 Å². The van der Waals surface area contributed by atoms with Crippen molar-refractivity contribution >= 4 is 11.9 Å². The predicted octanol–water partition coefficient (Wildman–Crippen LogP) is -0.161. The fourth-order valence-corrected chi connectivity index (χ4v) is 1.09. The van der Waals surface area contributed by atoms with Crippen LogP contribution in [0.5, 0.6) is 0 Å². The summed E-state index contributed by atoms with van der Waals surface area (Å²) in [6, 6.07) is 0. The first kappa shape index (κ1) is 18.3. The maximum Gasteiger partial charge on any atom is 0.335 e. The molecule has 0 aromatic heterocycles. The van der Waals surface area contributed by atoms with Crippen molar-refractivity contribution in [2.75, 3.05) is 40.6 Å². The topological polar surface area (TPSA) is 91.3 Å². The molecule has 1 N–H and O–H groups in total. The van der Waals surface area contributed by atoms with Gasteiger partial charge in [-0.1, -0.05) is 13.2 Å². The first-order valence-electron chi connectivity index (χ1n) is 5.78. The number of ether oxygens (including phenoxy) is 4. The van der Waals surface area contributed by atoms with Crippen LogP contribution in [-0.4, -0.2) is 63.8 Å². The van der Waals surface area contributed by atoms with Crippen LogP contribution >= 0.6 is 0 Å². The second-order valence-electron chi connectivity index (χ2n) is 3.82. The van der Waals surface area contributed by atoms with Crippen molar-refractivity contribution in [2.45, 2.75) is 6.10 Å². The summed E-state index contributed by atoms with van der Waals surface area (Å²) in [7, 11) is 2.48. The van der Waals surface area contributed by atoms with E-state index in [0.29, 0.717) is 0 Å². The van der Waals surface area contributed by atoms with Gasteiger partial charge in [0.1, 0.15) is 6.10 Å². The predicted molar refractivity (Wildman–Crippen MR) is 70.0 cm³/mol. The molecule has 0 amide bonds. The van der Waals surface area contributed by atoms with Gasteiger partial charge in [0.05, 0.1) is 51.8 Å². The molecule has 0 aliphatic heterocycles. The van der Waals surface area contributed by atoms with E-state index >= 15 is 0 Å². The summed E-state index contributed by atoms with van der Waals surface area (Å²) in [4.78, 5) is 22.1. The number of rotatable bonds is 10. The van der Waals surface area contributed by atoms with Gasteiger partial charge < -0.3 is 24.1 Å². The molecule has 0 spiro atoms. The van der Waals surface area contributed by atoms with Crippen LogP contribution in [0.3, 0.4) is 0 Å². The van der Waals surface area contributed by atoms with E-state index in [1.54, 1.807) is 0 Å². The minimum atomic E-state index is -0.651. The van der Waals surface area contributed by atoms with Gasteiger partial charge >= 0.3 is 11.9 Å². The first-order valence-corrected chi connectivity index (χ1v) is 5.78. The summed E-state index contributed by atoms with van der Waals surface area (Å²) in [6.07, 6.45) is -0.651. The molecule has 0 aliphatic carbocycles. The average molecular weight is 288 g/mol. The number of hydrogen-bond donors (Lipinski definition) is 1. The van der Waals surface area contributed by atoms with Crippen molar-refractivity contribution in [3.8, 4) is 0 Å². The van der Waals surface area contributed by atoms with Gasteiger partial charge in [-0.25, -0.2) is 9.59 Å². The van der Waals surface area contributed by atoms with Gasteiger partial charge in [0.2, 0.25) is 0 Å². The Morgan fingerprint density at radius 1 is 1.05 bits per heavy atom. The van der Waals surface area contributed by atoms with Crippen molar-refractivity contribution in [3.05, 3.63) is 24.3 Å². The SMILES string of the molecule is C=C(COCC(CO)OCC(=C)C(=O)OC)C(=O)OC. The lowest BCUT2D eigenvalue weighted by molar-refractivity contribution is -0.138. The van der Waals surface area contributed by atoms with E-state index in [9.17, 15) is 9.59 Å². The highest BCUT2D eigenvalue weighted by Gasteiger charge is 2.14. The zero-order chi connectivity index (χ0) is 15.5. The molecule has 0 rings (SSSR count). The van der Waals surface area contributed by atoms with Gasteiger partial charge in [0.15, 0.2) is 0 Å². The van der Waals surface area contributed by atoms with Crippen molar-refractivity contribution in [1.82, 2.24) is 0 Å². The van der Waals surface area contributed by atoms with Gasteiger partial charge in [-0.05, 0) is 0 Å². The highest BCUT2D eigenvalue weighted by Crippen LogP contribution is 2.01. The van der Waals surface area contributed by atoms with E-state index < -0.39 is 18.0 Å². The Bertz CT molecular complexity index is 362. The molecule has 20 heavy (non-hydrogen) atoms. The summed E-state index contributed by atoms with van der Waals surface area (Å²) in [5, 5.41) is 9.09. The summed E-state index contributed by atoms with van der Waals surface area (Å²) in [5.41, 5.74) is 0.285. The number of aliphatic hydroxyl groups is 1.